The molecule has 1 aromatic heterocycles. The van der Waals surface area contributed by atoms with E-state index in [9.17, 15) is 32.3 Å². The molecule has 1 fully saturated rings. The Morgan fingerprint density at radius 1 is 1.25 bits per heavy atom. The van der Waals surface area contributed by atoms with Crippen molar-refractivity contribution >= 4 is 58.1 Å². The lowest BCUT2D eigenvalue weighted by molar-refractivity contribution is -0.137. The van der Waals surface area contributed by atoms with E-state index in [0.717, 1.165) is 35.5 Å². The first-order valence-corrected chi connectivity index (χ1v) is 11.5. The van der Waals surface area contributed by atoms with Gasteiger partial charge < -0.3 is 30.3 Å². The van der Waals surface area contributed by atoms with Gasteiger partial charge in [0.25, 0.3) is 11.8 Å². The maximum atomic E-state index is 13.8. The summed E-state index contributed by atoms with van der Waals surface area (Å²) >= 11 is 6.77. The topological polar surface area (TPSA) is 126 Å². The van der Waals surface area contributed by atoms with Gasteiger partial charge in [-0.1, -0.05) is 11.6 Å². The van der Waals surface area contributed by atoms with Crippen LogP contribution in [-0.4, -0.2) is 63.3 Å². The molecule has 0 bridgehead atoms. The number of rotatable bonds is 7. The summed E-state index contributed by atoms with van der Waals surface area (Å²) in [5.74, 6) is -2.16. The van der Waals surface area contributed by atoms with Crippen LogP contribution >= 0.6 is 22.9 Å². The normalized spacial score (nSPS) is 14.7. The Hall–Kier alpha value is -3.36. The first kappa shape index (κ1) is 27.2. The van der Waals surface area contributed by atoms with Crippen molar-refractivity contribution in [3.8, 4) is 0 Å². The van der Waals surface area contributed by atoms with Gasteiger partial charge in [-0.05, 0) is 30.3 Å². The third-order valence-corrected chi connectivity index (χ3v) is 6.15. The summed E-state index contributed by atoms with van der Waals surface area (Å²) in [4.78, 5) is 50.2. The van der Waals surface area contributed by atoms with Crippen molar-refractivity contribution < 1.29 is 41.8 Å². The Kier molecular flexibility index (Phi) is 8.76. The Balaban J connectivity index is 1.80. The van der Waals surface area contributed by atoms with Gasteiger partial charge in [-0.25, -0.2) is 4.79 Å². The number of alkyl carbamates (subject to hydrolysis) is 1. The highest BCUT2D eigenvalue weighted by molar-refractivity contribution is 7.18. The van der Waals surface area contributed by atoms with Crippen molar-refractivity contribution in [3.63, 3.8) is 0 Å². The summed E-state index contributed by atoms with van der Waals surface area (Å²) in [6, 6.07) is 4.44. The number of carbonyl (C=O) groups excluding carboxylic acids is 4. The molecule has 0 unspecified atom stereocenters. The highest BCUT2D eigenvalue weighted by Gasteiger charge is 2.36. The maximum Gasteiger partial charge on any atom is 0.418 e. The van der Waals surface area contributed by atoms with Gasteiger partial charge in [0.2, 0.25) is 5.91 Å². The Morgan fingerprint density at radius 3 is 2.61 bits per heavy atom. The zero-order valence-electron chi connectivity index (χ0n) is 18.6. The number of methoxy groups -OCH3 is 1. The summed E-state index contributed by atoms with van der Waals surface area (Å²) in [7, 11) is 1.03. The lowest BCUT2D eigenvalue weighted by Crippen LogP contribution is -2.50. The number of morpholine rings is 1. The van der Waals surface area contributed by atoms with Gasteiger partial charge in [0, 0.05) is 18.8 Å². The van der Waals surface area contributed by atoms with E-state index in [2.05, 4.69) is 20.7 Å². The lowest BCUT2D eigenvalue weighted by Gasteiger charge is -2.28. The number of benzene rings is 1. The number of amides is 4. The van der Waals surface area contributed by atoms with Crippen LogP contribution in [0.2, 0.25) is 4.34 Å². The van der Waals surface area contributed by atoms with Crippen molar-refractivity contribution in [3.05, 3.63) is 45.1 Å². The molecule has 10 nitrogen and oxygen atoms in total. The van der Waals surface area contributed by atoms with Gasteiger partial charge in [-0.2, -0.15) is 13.2 Å². The van der Waals surface area contributed by atoms with E-state index >= 15 is 0 Å². The van der Waals surface area contributed by atoms with E-state index in [1.165, 1.54) is 18.2 Å². The van der Waals surface area contributed by atoms with E-state index in [4.69, 9.17) is 16.3 Å². The number of anilines is 2. The Labute approximate surface area is 211 Å². The highest BCUT2D eigenvalue weighted by atomic mass is 35.5. The average molecular weight is 549 g/mol. The molecule has 3 rings (SSSR count). The summed E-state index contributed by atoms with van der Waals surface area (Å²) < 4.78 is 51.3. The van der Waals surface area contributed by atoms with E-state index in [0.29, 0.717) is 4.34 Å². The lowest BCUT2D eigenvalue weighted by atomic mass is 10.1. The van der Waals surface area contributed by atoms with Crippen LogP contribution in [-0.2, 0) is 25.2 Å². The predicted molar refractivity (Wildman–Crippen MR) is 124 cm³/mol. The molecule has 1 aliphatic heterocycles. The second-order valence-electron chi connectivity index (χ2n) is 7.32. The zero-order valence-corrected chi connectivity index (χ0v) is 20.2. The van der Waals surface area contributed by atoms with Gasteiger partial charge in [0.05, 0.1) is 34.2 Å². The molecule has 194 valence electrons. The molecule has 2 heterocycles. The van der Waals surface area contributed by atoms with E-state index in [1.807, 2.05) is 0 Å². The van der Waals surface area contributed by atoms with Crippen LogP contribution in [0.5, 0.6) is 0 Å². The van der Waals surface area contributed by atoms with Gasteiger partial charge in [-0.3, -0.25) is 14.4 Å². The molecule has 1 atom stereocenters. The summed E-state index contributed by atoms with van der Waals surface area (Å²) in [6.45, 7) is -0.487. The molecular formula is C21H20ClF3N4O6S. The minimum Gasteiger partial charge on any atom is -0.453 e. The molecule has 36 heavy (non-hydrogen) atoms. The third-order valence-electron chi connectivity index (χ3n) is 4.92. The molecular weight excluding hydrogens is 529 g/mol. The summed E-state index contributed by atoms with van der Waals surface area (Å²) in [5.41, 5.74) is -1.83. The second kappa shape index (κ2) is 11.6. The average Bonchev–Trinajstić information content (AvgIpc) is 3.27. The van der Waals surface area contributed by atoms with Crippen LogP contribution < -0.4 is 20.9 Å². The number of nitrogens with one attached hydrogen (secondary N) is 3. The SMILES string of the molecule is COC(=O)N[C@H](CNC(=O)c1ccc(Cl)s1)C(=O)Nc1ccc(N2CCOCC2=O)cc1C(F)(F)F. The van der Waals surface area contributed by atoms with E-state index in [1.54, 1.807) is 0 Å². The Bertz CT molecular complexity index is 1160. The zero-order chi connectivity index (χ0) is 26.5. The monoisotopic (exact) mass is 548 g/mol. The summed E-state index contributed by atoms with van der Waals surface area (Å²) in [6.07, 6.45) is -5.92. The standard InChI is InChI=1S/C21H20ClF3N4O6S/c1-34-20(33)28-14(9-26-19(32)15-4-5-16(22)36-15)18(31)27-13-3-2-11(8-12(13)21(23,24)25)29-6-7-35-10-17(29)30/h2-5,8,14H,6-7,9-10H2,1H3,(H,26,32)(H,27,31)(H,28,33)/t14-/m1/s1. The van der Waals surface area contributed by atoms with Crippen molar-refractivity contribution in [2.24, 2.45) is 0 Å². The number of ether oxygens (including phenoxy) is 2. The van der Waals surface area contributed by atoms with Crippen LogP contribution in [0.3, 0.4) is 0 Å². The highest BCUT2D eigenvalue weighted by Crippen LogP contribution is 2.37. The van der Waals surface area contributed by atoms with Crippen LogP contribution in [0.25, 0.3) is 0 Å². The van der Waals surface area contributed by atoms with E-state index < -0.39 is 53.8 Å². The molecule has 0 radical (unpaired) electrons. The molecule has 1 aromatic carbocycles. The van der Waals surface area contributed by atoms with Crippen LogP contribution in [0, 0.1) is 0 Å². The number of halogens is 4. The first-order chi connectivity index (χ1) is 17.0. The van der Waals surface area contributed by atoms with Crippen molar-refractivity contribution in [2.75, 3.05) is 43.6 Å². The number of carbonyl (C=O) groups is 4. The predicted octanol–water partition coefficient (Wildman–Crippen LogP) is 2.88. The number of alkyl halides is 3. The minimum absolute atomic E-state index is 0.0141. The van der Waals surface area contributed by atoms with Crippen molar-refractivity contribution in [1.29, 1.82) is 0 Å². The molecule has 2 aromatic rings. The van der Waals surface area contributed by atoms with Crippen LogP contribution in [0.15, 0.2) is 30.3 Å². The molecule has 1 saturated heterocycles. The third kappa shape index (κ3) is 6.86. The summed E-state index contributed by atoms with van der Waals surface area (Å²) in [5, 5.41) is 6.71. The van der Waals surface area contributed by atoms with Gasteiger partial charge in [0.15, 0.2) is 0 Å². The minimum atomic E-state index is -4.88. The van der Waals surface area contributed by atoms with Gasteiger partial charge in [-0.15, -0.1) is 11.3 Å². The van der Waals surface area contributed by atoms with Crippen molar-refractivity contribution in [2.45, 2.75) is 12.2 Å². The molecule has 0 spiro atoms. The van der Waals surface area contributed by atoms with Crippen LogP contribution in [0.1, 0.15) is 15.2 Å². The molecule has 0 aliphatic carbocycles. The molecule has 15 heteroatoms. The number of nitrogens with zero attached hydrogens (tertiary/aromatic N) is 1. The maximum absolute atomic E-state index is 13.8. The van der Waals surface area contributed by atoms with Crippen molar-refractivity contribution in [1.82, 2.24) is 10.6 Å². The number of hydrogen-bond donors (Lipinski definition) is 3. The quantitative estimate of drug-likeness (QED) is 0.488. The fourth-order valence-corrected chi connectivity index (χ4v) is 4.14. The Morgan fingerprint density at radius 2 is 2.00 bits per heavy atom. The molecule has 4 amide bonds. The fraction of sp³-hybridized carbons (Fsp3) is 0.333. The largest absolute Gasteiger partial charge is 0.453 e. The second-order valence-corrected chi connectivity index (χ2v) is 9.03. The smallest absolute Gasteiger partial charge is 0.418 e. The van der Waals surface area contributed by atoms with Crippen LogP contribution in [0.4, 0.5) is 29.3 Å². The fourth-order valence-electron chi connectivity index (χ4n) is 3.18. The first-order valence-electron chi connectivity index (χ1n) is 10.3. The number of hydrogen-bond acceptors (Lipinski definition) is 7. The van der Waals surface area contributed by atoms with E-state index in [-0.39, 0.29) is 30.3 Å². The molecule has 1 aliphatic rings. The molecule has 3 N–H and O–H groups in total. The molecule has 0 saturated carbocycles. The van der Waals surface area contributed by atoms with Gasteiger partial charge >= 0.3 is 12.3 Å². The van der Waals surface area contributed by atoms with Gasteiger partial charge in [0.1, 0.15) is 12.6 Å². The number of thiophene rings is 1.